The van der Waals surface area contributed by atoms with Crippen molar-refractivity contribution in [2.24, 2.45) is 4.99 Å². The fourth-order valence-corrected chi connectivity index (χ4v) is 6.00. The monoisotopic (exact) mass is 582 g/mol. The number of ether oxygens (including phenoxy) is 1. The van der Waals surface area contributed by atoms with Crippen molar-refractivity contribution in [3.63, 3.8) is 0 Å². The number of rotatable bonds is 8. The van der Waals surface area contributed by atoms with Gasteiger partial charge in [0.15, 0.2) is 0 Å². The smallest absolute Gasteiger partial charge is 0.255 e. The van der Waals surface area contributed by atoms with Crippen molar-refractivity contribution in [1.82, 2.24) is 5.32 Å². The lowest BCUT2D eigenvalue weighted by Crippen LogP contribution is -2.23. The van der Waals surface area contributed by atoms with Gasteiger partial charge < -0.3 is 14.5 Å². The maximum absolute atomic E-state index is 13.2. The van der Waals surface area contributed by atoms with E-state index < -0.39 is 0 Å². The number of carbonyl (C=O) groups excluding carboxylic acids is 1. The number of hydrogen-bond donors (Lipinski definition) is 1. The van der Waals surface area contributed by atoms with Crippen LogP contribution in [0.2, 0.25) is 5.02 Å². The molecule has 0 atom stereocenters. The summed E-state index contributed by atoms with van der Waals surface area (Å²) in [6.07, 6.45) is 7.56. The number of nitrogens with zero attached hydrogens (tertiary/aromatic N) is 1. The van der Waals surface area contributed by atoms with Gasteiger partial charge in [-0.2, -0.15) is 0 Å². The number of carbonyl (C=O) groups is 1. The van der Waals surface area contributed by atoms with E-state index in [0.717, 1.165) is 63.4 Å². The second-order valence-electron chi connectivity index (χ2n) is 8.52. The Morgan fingerprint density at radius 3 is 2.78 bits per heavy atom. The number of benzene rings is 2. The van der Waals surface area contributed by atoms with Gasteiger partial charge in [-0.25, -0.2) is 4.99 Å². The van der Waals surface area contributed by atoms with Crippen molar-refractivity contribution in [3.8, 4) is 5.75 Å². The zero-order chi connectivity index (χ0) is 24.9. The summed E-state index contributed by atoms with van der Waals surface area (Å²) >= 11 is 11.2. The van der Waals surface area contributed by atoms with E-state index >= 15 is 0 Å². The largest absolute Gasteiger partial charge is 0.488 e. The minimum atomic E-state index is -0.106. The van der Waals surface area contributed by atoms with Gasteiger partial charge in [0.05, 0.1) is 22.8 Å². The van der Waals surface area contributed by atoms with E-state index in [2.05, 4.69) is 21.2 Å². The quantitative estimate of drug-likeness (QED) is 0.215. The van der Waals surface area contributed by atoms with Gasteiger partial charge >= 0.3 is 0 Å². The Bertz CT molecular complexity index is 1380. The Morgan fingerprint density at radius 1 is 1.17 bits per heavy atom. The van der Waals surface area contributed by atoms with Gasteiger partial charge in [-0.05, 0) is 101 Å². The number of aliphatic imine (C=N–C) groups is 1. The third kappa shape index (κ3) is 5.91. The molecular formula is C28H24BrClN2O3S. The Kier molecular flexibility index (Phi) is 7.90. The molecule has 0 radical (unpaired) electrons. The zero-order valence-corrected chi connectivity index (χ0v) is 22.6. The summed E-state index contributed by atoms with van der Waals surface area (Å²) in [5.74, 6) is 1.36. The Hall–Kier alpha value is -2.87. The summed E-state index contributed by atoms with van der Waals surface area (Å²) in [4.78, 5) is 19.2. The number of aryl methyl sites for hydroxylation is 1. The SMILES string of the molecule is O=C(NCc1ccco1)c1c(N=Cc2ccc(OCc3ccc(Cl)cc3)c(Br)c2)sc2c1CCCC2. The molecule has 2 aromatic heterocycles. The second-order valence-corrected chi connectivity index (χ2v) is 10.9. The molecule has 0 unspecified atom stereocenters. The molecule has 0 fully saturated rings. The summed E-state index contributed by atoms with van der Waals surface area (Å²) in [5, 5.41) is 4.44. The van der Waals surface area contributed by atoms with Crippen LogP contribution in [-0.2, 0) is 26.0 Å². The Morgan fingerprint density at radius 2 is 2.00 bits per heavy atom. The average molecular weight is 584 g/mol. The Labute approximate surface area is 227 Å². The molecule has 1 aliphatic rings. The van der Waals surface area contributed by atoms with Crippen LogP contribution in [-0.4, -0.2) is 12.1 Å². The molecule has 5 nitrogen and oxygen atoms in total. The van der Waals surface area contributed by atoms with Crippen LogP contribution in [0.1, 0.15) is 50.5 Å². The van der Waals surface area contributed by atoms with Crippen LogP contribution in [0.3, 0.4) is 0 Å². The topological polar surface area (TPSA) is 63.8 Å². The van der Waals surface area contributed by atoms with E-state index in [1.807, 2.05) is 54.6 Å². The van der Waals surface area contributed by atoms with E-state index in [0.29, 0.717) is 23.7 Å². The first-order chi connectivity index (χ1) is 17.6. The Balaban J connectivity index is 1.31. The molecule has 8 heteroatoms. The van der Waals surface area contributed by atoms with E-state index in [-0.39, 0.29) is 5.91 Å². The normalized spacial score (nSPS) is 13.1. The second kappa shape index (κ2) is 11.5. The van der Waals surface area contributed by atoms with Crippen LogP contribution in [0.4, 0.5) is 5.00 Å². The van der Waals surface area contributed by atoms with Gasteiger partial charge in [0.2, 0.25) is 0 Å². The fourth-order valence-electron chi connectivity index (χ4n) is 4.13. The highest BCUT2D eigenvalue weighted by Gasteiger charge is 2.25. The average Bonchev–Trinajstić information content (AvgIpc) is 3.54. The highest BCUT2D eigenvalue weighted by atomic mass is 79.9. The first-order valence-corrected chi connectivity index (χ1v) is 13.7. The lowest BCUT2D eigenvalue weighted by Gasteiger charge is -2.12. The maximum atomic E-state index is 13.2. The minimum Gasteiger partial charge on any atom is -0.488 e. The number of furan rings is 1. The third-order valence-corrected chi connectivity index (χ3v) is 8.05. The molecule has 184 valence electrons. The molecular weight excluding hydrogens is 560 g/mol. The van der Waals surface area contributed by atoms with E-state index in [1.165, 1.54) is 4.88 Å². The molecule has 0 saturated carbocycles. The fraction of sp³-hybridized carbons (Fsp3) is 0.214. The molecule has 2 aromatic carbocycles. The molecule has 0 aliphatic heterocycles. The number of halogens is 2. The molecule has 4 aromatic rings. The number of amides is 1. The van der Waals surface area contributed by atoms with Crippen molar-refractivity contribution in [1.29, 1.82) is 0 Å². The summed E-state index contributed by atoms with van der Waals surface area (Å²) in [7, 11) is 0. The standard InChI is InChI=1S/C28H24BrClN2O3S/c29-23-14-19(9-12-24(23)35-17-18-7-10-20(30)11-8-18)15-32-28-26(22-5-1-2-6-25(22)36-28)27(33)31-16-21-4-3-13-34-21/h3-4,7-15H,1-2,5-6,16-17H2,(H,31,33). The predicted octanol–water partition coefficient (Wildman–Crippen LogP) is 7.90. The van der Waals surface area contributed by atoms with Crippen molar-refractivity contribution >= 4 is 56.0 Å². The first kappa shape index (κ1) is 24.8. The maximum Gasteiger partial charge on any atom is 0.255 e. The van der Waals surface area contributed by atoms with E-state index in [4.69, 9.17) is 25.7 Å². The lowest BCUT2D eigenvalue weighted by atomic mass is 9.95. The van der Waals surface area contributed by atoms with Crippen molar-refractivity contribution in [2.75, 3.05) is 0 Å². The first-order valence-electron chi connectivity index (χ1n) is 11.7. The van der Waals surface area contributed by atoms with Crippen molar-refractivity contribution < 1.29 is 13.9 Å². The van der Waals surface area contributed by atoms with Crippen LogP contribution in [0.15, 0.2) is 74.7 Å². The van der Waals surface area contributed by atoms with Crippen molar-refractivity contribution in [2.45, 2.75) is 38.8 Å². The minimum absolute atomic E-state index is 0.106. The van der Waals surface area contributed by atoms with Gasteiger partial charge in [-0.3, -0.25) is 4.79 Å². The molecule has 1 aliphatic carbocycles. The lowest BCUT2D eigenvalue weighted by molar-refractivity contribution is 0.0948. The van der Waals surface area contributed by atoms with Crippen LogP contribution >= 0.6 is 38.9 Å². The molecule has 5 rings (SSSR count). The highest BCUT2D eigenvalue weighted by Crippen LogP contribution is 2.40. The molecule has 0 bridgehead atoms. The highest BCUT2D eigenvalue weighted by molar-refractivity contribution is 9.10. The molecule has 0 saturated heterocycles. The van der Waals surface area contributed by atoms with Gasteiger partial charge in [-0.1, -0.05) is 23.7 Å². The molecule has 0 spiro atoms. The van der Waals surface area contributed by atoms with Gasteiger partial charge in [0.25, 0.3) is 5.91 Å². The van der Waals surface area contributed by atoms with E-state index in [9.17, 15) is 4.79 Å². The van der Waals surface area contributed by atoms with Gasteiger partial charge in [0, 0.05) is 16.1 Å². The van der Waals surface area contributed by atoms with E-state index in [1.54, 1.807) is 23.8 Å². The summed E-state index contributed by atoms with van der Waals surface area (Å²) in [6, 6.07) is 17.1. The number of fused-ring (bicyclic) bond motifs is 1. The van der Waals surface area contributed by atoms with Gasteiger partial charge in [-0.15, -0.1) is 11.3 Å². The summed E-state index contributed by atoms with van der Waals surface area (Å²) in [6.45, 7) is 0.796. The van der Waals surface area contributed by atoms with Crippen LogP contribution in [0.5, 0.6) is 5.75 Å². The van der Waals surface area contributed by atoms with Crippen LogP contribution in [0.25, 0.3) is 0 Å². The van der Waals surface area contributed by atoms with Crippen LogP contribution in [0, 0.1) is 0 Å². The molecule has 1 N–H and O–H groups in total. The summed E-state index contributed by atoms with van der Waals surface area (Å²) in [5.41, 5.74) is 3.78. The molecule has 2 heterocycles. The van der Waals surface area contributed by atoms with Crippen LogP contribution < -0.4 is 10.1 Å². The van der Waals surface area contributed by atoms with Crippen molar-refractivity contribution in [3.05, 3.63) is 103 Å². The molecule has 36 heavy (non-hydrogen) atoms. The summed E-state index contributed by atoms with van der Waals surface area (Å²) < 4.78 is 12.1. The third-order valence-electron chi connectivity index (χ3n) is 5.98. The number of hydrogen-bond acceptors (Lipinski definition) is 5. The zero-order valence-electron chi connectivity index (χ0n) is 19.4. The number of thiophene rings is 1. The molecule has 1 amide bonds. The number of nitrogens with one attached hydrogen (secondary N) is 1. The van der Waals surface area contributed by atoms with Gasteiger partial charge in [0.1, 0.15) is 23.1 Å². The predicted molar refractivity (Wildman–Crippen MR) is 148 cm³/mol.